The minimum Gasteiger partial charge on any atom is -0.481 e. The van der Waals surface area contributed by atoms with E-state index in [-0.39, 0.29) is 5.91 Å². The van der Waals surface area contributed by atoms with Gasteiger partial charge in [0, 0.05) is 11.1 Å². The number of rotatable bonds is 5. The predicted molar refractivity (Wildman–Crippen MR) is 89.9 cm³/mol. The zero-order chi connectivity index (χ0) is 16.2. The quantitative estimate of drug-likeness (QED) is 0.897. The van der Waals surface area contributed by atoms with E-state index >= 15 is 0 Å². The number of hydrogen-bond donors (Lipinski definition) is 1. The lowest BCUT2D eigenvalue weighted by atomic mass is 10.2. The van der Waals surface area contributed by atoms with Crippen LogP contribution in [-0.2, 0) is 4.79 Å². The van der Waals surface area contributed by atoms with Crippen molar-refractivity contribution in [2.75, 3.05) is 5.32 Å². The maximum Gasteiger partial charge on any atom is 0.266 e. The van der Waals surface area contributed by atoms with Crippen LogP contribution in [0.1, 0.15) is 38.6 Å². The Balaban J connectivity index is 1.63. The van der Waals surface area contributed by atoms with Gasteiger partial charge in [-0.05, 0) is 38.0 Å². The number of hydrogen-bond acceptors (Lipinski definition) is 3. The summed E-state index contributed by atoms with van der Waals surface area (Å²) in [5.41, 5.74) is 0. The van der Waals surface area contributed by atoms with Crippen LogP contribution in [0.4, 0.5) is 5.82 Å². The summed E-state index contributed by atoms with van der Waals surface area (Å²) >= 11 is 5.92. The first kappa shape index (κ1) is 15.9. The van der Waals surface area contributed by atoms with Gasteiger partial charge >= 0.3 is 0 Å². The number of carbonyl (C=O) groups is 1. The molecule has 1 fully saturated rings. The van der Waals surface area contributed by atoms with E-state index in [1.165, 1.54) is 12.8 Å². The molecule has 0 aliphatic heterocycles. The highest BCUT2D eigenvalue weighted by Crippen LogP contribution is 2.31. The van der Waals surface area contributed by atoms with E-state index < -0.39 is 6.10 Å². The maximum absolute atomic E-state index is 12.4. The highest BCUT2D eigenvalue weighted by Gasteiger charge is 2.22. The molecular formula is C17H20ClN3O2. The standard InChI is InChI=1S/C17H20ClN3O2/c1-12(23-15-8-4-5-13(18)11-15)17(22)20-16-9-10-19-21(16)14-6-2-3-7-14/h4-5,8-12,14H,2-3,6-7H2,1H3,(H,20,22). The summed E-state index contributed by atoms with van der Waals surface area (Å²) in [6.07, 6.45) is 5.74. The van der Waals surface area contributed by atoms with Crippen molar-refractivity contribution < 1.29 is 9.53 Å². The fraction of sp³-hybridized carbons (Fsp3) is 0.412. The Morgan fingerprint density at radius 1 is 1.39 bits per heavy atom. The zero-order valence-electron chi connectivity index (χ0n) is 13.0. The van der Waals surface area contributed by atoms with Crippen LogP contribution >= 0.6 is 11.6 Å². The van der Waals surface area contributed by atoms with Gasteiger partial charge in [0.25, 0.3) is 5.91 Å². The molecule has 6 heteroatoms. The molecule has 1 saturated carbocycles. The van der Waals surface area contributed by atoms with E-state index in [1.807, 2.05) is 10.7 Å². The number of ether oxygens (including phenoxy) is 1. The molecule has 0 spiro atoms. The number of nitrogens with zero attached hydrogens (tertiary/aromatic N) is 2. The number of benzene rings is 1. The normalized spacial score (nSPS) is 16.3. The van der Waals surface area contributed by atoms with E-state index in [4.69, 9.17) is 16.3 Å². The number of anilines is 1. The molecule has 0 bridgehead atoms. The third-order valence-electron chi connectivity index (χ3n) is 4.07. The molecule has 0 saturated heterocycles. The first-order valence-electron chi connectivity index (χ1n) is 7.90. The summed E-state index contributed by atoms with van der Waals surface area (Å²) in [6, 6.07) is 9.22. The lowest BCUT2D eigenvalue weighted by molar-refractivity contribution is -0.122. The minimum atomic E-state index is -0.625. The molecule has 1 aliphatic carbocycles. The van der Waals surface area contributed by atoms with Crippen LogP contribution in [0.2, 0.25) is 5.02 Å². The fourth-order valence-electron chi connectivity index (χ4n) is 2.88. The van der Waals surface area contributed by atoms with E-state index in [9.17, 15) is 4.79 Å². The largest absolute Gasteiger partial charge is 0.481 e. The fourth-order valence-corrected chi connectivity index (χ4v) is 3.06. The molecule has 1 heterocycles. The Kier molecular flexibility index (Phi) is 4.86. The topological polar surface area (TPSA) is 56.1 Å². The molecule has 1 unspecified atom stereocenters. The molecule has 1 aromatic heterocycles. The summed E-state index contributed by atoms with van der Waals surface area (Å²) < 4.78 is 7.56. The second-order valence-electron chi connectivity index (χ2n) is 5.81. The number of amides is 1. The smallest absolute Gasteiger partial charge is 0.266 e. The monoisotopic (exact) mass is 333 g/mol. The minimum absolute atomic E-state index is 0.204. The Morgan fingerprint density at radius 3 is 2.91 bits per heavy atom. The van der Waals surface area contributed by atoms with Gasteiger partial charge in [0.2, 0.25) is 0 Å². The van der Waals surface area contributed by atoms with Gasteiger partial charge in [-0.15, -0.1) is 0 Å². The number of carbonyl (C=O) groups excluding carboxylic acids is 1. The van der Waals surface area contributed by atoms with Crippen LogP contribution in [0.25, 0.3) is 0 Å². The third-order valence-corrected chi connectivity index (χ3v) is 4.31. The van der Waals surface area contributed by atoms with Gasteiger partial charge in [-0.1, -0.05) is 30.5 Å². The molecule has 122 valence electrons. The first-order chi connectivity index (χ1) is 11.1. The van der Waals surface area contributed by atoms with Crippen LogP contribution in [0.5, 0.6) is 5.75 Å². The van der Waals surface area contributed by atoms with Gasteiger partial charge in [-0.2, -0.15) is 5.10 Å². The van der Waals surface area contributed by atoms with E-state index in [2.05, 4.69) is 10.4 Å². The lowest BCUT2D eigenvalue weighted by Crippen LogP contribution is -2.31. The summed E-state index contributed by atoms with van der Waals surface area (Å²) in [5, 5.41) is 7.83. The Morgan fingerprint density at radius 2 is 2.17 bits per heavy atom. The Hall–Kier alpha value is -2.01. The number of halogens is 1. The predicted octanol–water partition coefficient (Wildman–Crippen LogP) is 4.06. The lowest BCUT2D eigenvalue weighted by Gasteiger charge is -2.17. The van der Waals surface area contributed by atoms with Crippen molar-refractivity contribution in [2.24, 2.45) is 0 Å². The highest BCUT2D eigenvalue weighted by atomic mass is 35.5. The summed E-state index contributed by atoms with van der Waals surface area (Å²) in [5.74, 6) is 1.10. The summed E-state index contributed by atoms with van der Waals surface area (Å²) in [4.78, 5) is 12.4. The summed E-state index contributed by atoms with van der Waals surface area (Å²) in [7, 11) is 0. The van der Waals surface area contributed by atoms with Crippen molar-refractivity contribution in [3.05, 3.63) is 41.6 Å². The SMILES string of the molecule is CC(Oc1cccc(Cl)c1)C(=O)Nc1ccnn1C1CCCC1. The van der Waals surface area contributed by atoms with E-state index in [0.717, 1.165) is 18.7 Å². The van der Waals surface area contributed by atoms with Crippen molar-refractivity contribution in [1.82, 2.24) is 9.78 Å². The Bertz CT molecular complexity index is 680. The second-order valence-corrected chi connectivity index (χ2v) is 6.24. The van der Waals surface area contributed by atoms with Crippen molar-refractivity contribution in [1.29, 1.82) is 0 Å². The molecular weight excluding hydrogens is 314 g/mol. The van der Waals surface area contributed by atoms with Crippen molar-refractivity contribution >= 4 is 23.3 Å². The first-order valence-corrected chi connectivity index (χ1v) is 8.28. The van der Waals surface area contributed by atoms with Crippen LogP contribution in [0.3, 0.4) is 0 Å². The van der Waals surface area contributed by atoms with Gasteiger partial charge in [0.05, 0.1) is 12.2 Å². The molecule has 1 aliphatic rings. The molecule has 3 rings (SSSR count). The van der Waals surface area contributed by atoms with Gasteiger partial charge in [-0.25, -0.2) is 4.68 Å². The van der Waals surface area contributed by atoms with Gasteiger partial charge < -0.3 is 10.1 Å². The van der Waals surface area contributed by atoms with Crippen molar-refractivity contribution in [3.8, 4) is 5.75 Å². The highest BCUT2D eigenvalue weighted by molar-refractivity contribution is 6.30. The van der Waals surface area contributed by atoms with E-state index in [1.54, 1.807) is 37.4 Å². The molecule has 0 radical (unpaired) electrons. The van der Waals surface area contributed by atoms with Crippen LogP contribution in [0, 0.1) is 0 Å². The Labute approximate surface area is 140 Å². The van der Waals surface area contributed by atoms with Crippen LogP contribution in [0.15, 0.2) is 36.5 Å². The zero-order valence-corrected chi connectivity index (χ0v) is 13.8. The van der Waals surface area contributed by atoms with Crippen LogP contribution < -0.4 is 10.1 Å². The third kappa shape index (κ3) is 3.85. The molecule has 23 heavy (non-hydrogen) atoms. The second kappa shape index (κ2) is 7.04. The maximum atomic E-state index is 12.4. The van der Waals surface area contributed by atoms with Crippen LogP contribution in [-0.4, -0.2) is 21.8 Å². The average molecular weight is 334 g/mol. The molecule has 1 amide bonds. The number of nitrogens with one attached hydrogen (secondary N) is 1. The molecule has 1 atom stereocenters. The molecule has 5 nitrogen and oxygen atoms in total. The van der Waals surface area contributed by atoms with Crippen molar-refractivity contribution in [2.45, 2.75) is 44.8 Å². The summed E-state index contributed by atoms with van der Waals surface area (Å²) in [6.45, 7) is 1.71. The van der Waals surface area contributed by atoms with Gasteiger partial charge in [0.15, 0.2) is 6.10 Å². The molecule has 1 aromatic carbocycles. The van der Waals surface area contributed by atoms with Gasteiger partial charge in [-0.3, -0.25) is 4.79 Å². The number of aromatic nitrogens is 2. The van der Waals surface area contributed by atoms with Gasteiger partial charge in [0.1, 0.15) is 11.6 Å². The van der Waals surface area contributed by atoms with Crippen molar-refractivity contribution in [3.63, 3.8) is 0 Å². The van der Waals surface area contributed by atoms with E-state index in [0.29, 0.717) is 16.8 Å². The molecule has 1 N–H and O–H groups in total. The average Bonchev–Trinajstić information content (AvgIpc) is 3.17. The molecule has 2 aromatic rings.